The van der Waals surface area contributed by atoms with Crippen LogP contribution in [0.1, 0.15) is 37.0 Å². The number of hydrogen-bond donors (Lipinski definition) is 0. The molecule has 0 aromatic heterocycles. The number of carbonyl (C=O) groups excluding carboxylic acids is 2. The standard InChI is InChI=1S/C23H27NO4/c1-17-12-13-24(23(26)28-16-20-6-4-3-5-7-20)22(17)14-19-8-10-21(11-9-19)15-27-18(2)25/h3-11,17,22H,12-16H2,1-2H3. The van der Waals surface area contributed by atoms with Crippen LogP contribution in [0.3, 0.4) is 0 Å². The summed E-state index contributed by atoms with van der Waals surface area (Å²) in [5.74, 6) is 0.138. The van der Waals surface area contributed by atoms with E-state index in [1.807, 2.05) is 59.5 Å². The lowest BCUT2D eigenvalue weighted by molar-refractivity contribution is -0.142. The summed E-state index contributed by atoms with van der Waals surface area (Å²) in [6, 6.07) is 17.9. The molecule has 1 saturated heterocycles. The number of amides is 1. The summed E-state index contributed by atoms with van der Waals surface area (Å²) >= 11 is 0. The maximum Gasteiger partial charge on any atom is 0.410 e. The Morgan fingerprint density at radius 2 is 1.54 bits per heavy atom. The molecular weight excluding hydrogens is 354 g/mol. The summed E-state index contributed by atoms with van der Waals surface area (Å²) in [5, 5.41) is 0. The third-order valence-corrected chi connectivity index (χ3v) is 5.23. The zero-order valence-corrected chi connectivity index (χ0v) is 16.5. The van der Waals surface area contributed by atoms with Crippen LogP contribution >= 0.6 is 0 Å². The average Bonchev–Trinajstić information content (AvgIpc) is 3.07. The molecule has 2 aromatic carbocycles. The lowest BCUT2D eigenvalue weighted by Crippen LogP contribution is -2.39. The van der Waals surface area contributed by atoms with E-state index in [9.17, 15) is 9.59 Å². The molecule has 2 atom stereocenters. The van der Waals surface area contributed by atoms with Crippen LogP contribution in [0.25, 0.3) is 0 Å². The molecule has 3 rings (SSSR count). The normalized spacial score (nSPS) is 18.7. The molecule has 148 valence electrons. The first-order valence-corrected chi connectivity index (χ1v) is 9.71. The first-order valence-electron chi connectivity index (χ1n) is 9.71. The van der Waals surface area contributed by atoms with Crippen molar-refractivity contribution in [2.45, 2.75) is 45.9 Å². The van der Waals surface area contributed by atoms with E-state index >= 15 is 0 Å². The Morgan fingerprint density at radius 1 is 0.929 bits per heavy atom. The second-order valence-electron chi connectivity index (χ2n) is 7.37. The summed E-state index contributed by atoms with van der Waals surface area (Å²) < 4.78 is 10.6. The minimum atomic E-state index is -0.284. The van der Waals surface area contributed by atoms with Crippen molar-refractivity contribution >= 4 is 12.1 Å². The molecule has 1 aliphatic heterocycles. The molecule has 0 aliphatic carbocycles. The molecule has 5 heteroatoms. The van der Waals surface area contributed by atoms with Crippen molar-refractivity contribution in [1.29, 1.82) is 0 Å². The molecule has 1 amide bonds. The highest BCUT2D eigenvalue weighted by molar-refractivity contribution is 5.68. The molecule has 2 aromatic rings. The SMILES string of the molecule is CC(=O)OCc1ccc(CC2C(C)CCN2C(=O)OCc2ccccc2)cc1. The van der Waals surface area contributed by atoms with Crippen molar-refractivity contribution in [3.63, 3.8) is 0 Å². The molecule has 0 radical (unpaired) electrons. The van der Waals surface area contributed by atoms with Gasteiger partial charge in [0.05, 0.1) is 0 Å². The van der Waals surface area contributed by atoms with Crippen LogP contribution in [0.4, 0.5) is 4.79 Å². The smallest absolute Gasteiger partial charge is 0.410 e. The minimum absolute atomic E-state index is 0.127. The van der Waals surface area contributed by atoms with Gasteiger partial charge in [-0.25, -0.2) is 4.79 Å². The molecule has 1 aliphatic rings. The van der Waals surface area contributed by atoms with Crippen LogP contribution in [0.5, 0.6) is 0 Å². The van der Waals surface area contributed by atoms with Crippen molar-refractivity contribution in [3.8, 4) is 0 Å². The van der Waals surface area contributed by atoms with Gasteiger partial charge in [0.15, 0.2) is 0 Å². The zero-order valence-electron chi connectivity index (χ0n) is 16.5. The van der Waals surface area contributed by atoms with Gasteiger partial charge >= 0.3 is 12.1 Å². The van der Waals surface area contributed by atoms with Crippen LogP contribution in [-0.2, 0) is 33.9 Å². The van der Waals surface area contributed by atoms with Crippen LogP contribution in [0.15, 0.2) is 54.6 Å². The Hall–Kier alpha value is -2.82. The number of ether oxygens (including phenoxy) is 2. The van der Waals surface area contributed by atoms with Gasteiger partial charge in [-0.3, -0.25) is 4.79 Å². The predicted molar refractivity (Wildman–Crippen MR) is 107 cm³/mol. The molecule has 0 N–H and O–H groups in total. The van der Waals surface area contributed by atoms with E-state index in [0.29, 0.717) is 12.5 Å². The highest BCUT2D eigenvalue weighted by Crippen LogP contribution is 2.28. The molecule has 0 spiro atoms. The molecule has 1 fully saturated rings. The minimum Gasteiger partial charge on any atom is -0.461 e. The topological polar surface area (TPSA) is 55.8 Å². The second kappa shape index (κ2) is 9.40. The van der Waals surface area contributed by atoms with Crippen molar-refractivity contribution in [1.82, 2.24) is 4.90 Å². The van der Waals surface area contributed by atoms with Gasteiger partial charge in [0.25, 0.3) is 0 Å². The van der Waals surface area contributed by atoms with Gasteiger partial charge in [0.2, 0.25) is 0 Å². The second-order valence-corrected chi connectivity index (χ2v) is 7.37. The maximum atomic E-state index is 12.6. The molecule has 0 bridgehead atoms. The number of benzene rings is 2. The van der Waals surface area contributed by atoms with Gasteiger partial charge in [-0.2, -0.15) is 0 Å². The van der Waals surface area contributed by atoms with Crippen molar-refractivity contribution in [2.75, 3.05) is 6.54 Å². The van der Waals surface area contributed by atoms with E-state index in [-0.39, 0.29) is 24.7 Å². The third-order valence-electron chi connectivity index (χ3n) is 5.23. The number of hydrogen-bond acceptors (Lipinski definition) is 4. The van der Waals surface area contributed by atoms with Gasteiger partial charge in [0.1, 0.15) is 13.2 Å². The van der Waals surface area contributed by atoms with Gasteiger partial charge in [0, 0.05) is 19.5 Å². The molecule has 1 heterocycles. The number of nitrogens with zero attached hydrogens (tertiary/aromatic N) is 1. The lowest BCUT2D eigenvalue weighted by Gasteiger charge is -2.26. The predicted octanol–water partition coefficient (Wildman–Crippen LogP) is 4.34. The fraction of sp³-hybridized carbons (Fsp3) is 0.391. The largest absolute Gasteiger partial charge is 0.461 e. The van der Waals surface area contributed by atoms with Gasteiger partial charge < -0.3 is 14.4 Å². The molecule has 5 nitrogen and oxygen atoms in total. The van der Waals surface area contributed by atoms with Crippen LogP contribution < -0.4 is 0 Å². The Bertz CT molecular complexity index is 788. The molecule has 0 saturated carbocycles. The Labute approximate surface area is 166 Å². The van der Waals surface area contributed by atoms with Crippen LogP contribution in [0, 0.1) is 5.92 Å². The Kier molecular flexibility index (Phi) is 6.69. The molecular formula is C23H27NO4. The van der Waals surface area contributed by atoms with E-state index in [2.05, 4.69) is 6.92 Å². The van der Waals surface area contributed by atoms with Crippen molar-refractivity contribution in [3.05, 3.63) is 71.3 Å². The lowest BCUT2D eigenvalue weighted by atomic mass is 9.95. The van der Waals surface area contributed by atoms with E-state index in [1.54, 1.807) is 0 Å². The Balaban J connectivity index is 1.58. The number of likely N-dealkylation sites (tertiary alicyclic amines) is 1. The number of esters is 1. The van der Waals surface area contributed by atoms with E-state index in [4.69, 9.17) is 9.47 Å². The monoisotopic (exact) mass is 381 g/mol. The average molecular weight is 381 g/mol. The number of rotatable bonds is 6. The summed E-state index contributed by atoms with van der Waals surface area (Å²) in [5.41, 5.74) is 3.10. The maximum absolute atomic E-state index is 12.6. The van der Waals surface area contributed by atoms with Gasteiger partial charge in [-0.1, -0.05) is 61.5 Å². The molecule has 2 unspecified atom stereocenters. The highest BCUT2D eigenvalue weighted by Gasteiger charge is 2.35. The van der Waals surface area contributed by atoms with Crippen LogP contribution in [0.2, 0.25) is 0 Å². The van der Waals surface area contributed by atoms with Crippen molar-refractivity contribution in [2.24, 2.45) is 5.92 Å². The highest BCUT2D eigenvalue weighted by atomic mass is 16.6. The summed E-state index contributed by atoms with van der Waals surface area (Å²) in [7, 11) is 0. The van der Waals surface area contributed by atoms with Gasteiger partial charge in [-0.15, -0.1) is 0 Å². The molecule has 28 heavy (non-hydrogen) atoms. The summed E-state index contributed by atoms with van der Waals surface area (Å²) in [6.45, 7) is 4.89. The van der Waals surface area contributed by atoms with Crippen LogP contribution in [-0.4, -0.2) is 29.5 Å². The Morgan fingerprint density at radius 3 is 2.21 bits per heavy atom. The fourth-order valence-electron chi connectivity index (χ4n) is 3.55. The van der Waals surface area contributed by atoms with Crippen molar-refractivity contribution < 1.29 is 19.1 Å². The number of carbonyl (C=O) groups is 2. The zero-order chi connectivity index (χ0) is 19.9. The van der Waals surface area contributed by atoms with E-state index < -0.39 is 0 Å². The summed E-state index contributed by atoms with van der Waals surface area (Å²) in [6.07, 6.45) is 1.52. The van der Waals surface area contributed by atoms with E-state index in [1.165, 1.54) is 6.92 Å². The third kappa shape index (κ3) is 5.35. The fourth-order valence-corrected chi connectivity index (χ4v) is 3.55. The first kappa shape index (κ1) is 19.9. The summed E-state index contributed by atoms with van der Waals surface area (Å²) in [4.78, 5) is 25.4. The first-order chi connectivity index (χ1) is 13.5. The van der Waals surface area contributed by atoms with Gasteiger partial charge in [-0.05, 0) is 35.4 Å². The quantitative estimate of drug-likeness (QED) is 0.699. The van der Waals surface area contributed by atoms with E-state index in [0.717, 1.165) is 36.1 Å².